The van der Waals surface area contributed by atoms with E-state index in [9.17, 15) is 0 Å². The smallest absolute Gasteiger partial charge is 0.0573 e. The van der Waals surface area contributed by atoms with Crippen molar-refractivity contribution in [3.05, 3.63) is 0 Å². The van der Waals surface area contributed by atoms with Gasteiger partial charge in [-0.1, -0.05) is 5.92 Å². The van der Waals surface area contributed by atoms with Gasteiger partial charge in [0.25, 0.3) is 0 Å². The zero-order valence-electron chi connectivity index (χ0n) is 8.71. The van der Waals surface area contributed by atoms with Crippen molar-refractivity contribution in [3.8, 4) is 12.3 Å². The van der Waals surface area contributed by atoms with Crippen molar-refractivity contribution in [2.75, 3.05) is 26.2 Å². The lowest BCUT2D eigenvalue weighted by Crippen LogP contribution is -2.30. The Balaban J connectivity index is 2.15. The summed E-state index contributed by atoms with van der Waals surface area (Å²) in [5.41, 5.74) is 0. The summed E-state index contributed by atoms with van der Waals surface area (Å²) >= 11 is 0. The molecule has 1 aliphatic rings. The van der Waals surface area contributed by atoms with Crippen LogP contribution in [0.3, 0.4) is 0 Å². The molecule has 0 spiro atoms. The normalized spacial score (nSPS) is 23.7. The third-order valence-electron chi connectivity index (χ3n) is 2.71. The van der Waals surface area contributed by atoms with Gasteiger partial charge < -0.3 is 10.2 Å². The summed E-state index contributed by atoms with van der Waals surface area (Å²) in [6, 6.07) is 0.692. The molecule has 0 aliphatic carbocycles. The van der Waals surface area contributed by atoms with Gasteiger partial charge in [-0.2, -0.15) is 0 Å². The van der Waals surface area contributed by atoms with Crippen molar-refractivity contribution in [2.24, 2.45) is 5.92 Å². The van der Waals surface area contributed by atoms with Crippen LogP contribution >= 0.6 is 0 Å². The standard InChI is InChI=1S/C11H20N2/c1-4-6-12-8-11-5-7-13(9-11)10(2)3/h1,10-12H,5-9H2,2-3H3. The van der Waals surface area contributed by atoms with E-state index in [4.69, 9.17) is 6.42 Å². The second kappa shape index (κ2) is 5.26. The van der Waals surface area contributed by atoms with Crippen molar-refractivity contribution >= 4 is 0 Å². The molecule has 0 radical (unpaired) electrons. The third-order valence-corrected chi connectivity index (χ3v) is 2.71. The Hall–Kier alpha value is -0.520. The highest BCUT2D eigenvalue weighted by Gasteiger charge is 2.23. The van der Waals surface area contributed by atoms with Crippen molar-refractivity contribution in [1.82, 2.24) is 10.2 Å². The van der Waals surface area contributed by atoms with Crippen LogP contribution in [-0.4, -0.2) is 37.1 Å². The van der Waals surface area contributed by atoms with E-state index in [0.29, 0.717) is 12.6 Å². The number of terminal acetylenes is 1. The Morgan fingerprint density at radius 1 is 1.62 bits per heavy atom. The number of nitrogens with one attached hydrogen (secondary N) is 1. The fourth-order valence-electron chi connectivity index (χ4n) is 1.85. The van der Waals surface area contributed by atoms with Crippen molar-refractivity contribution in [2.45, 2.75) is 26.3 Å². The number of hydrogen-bond donors (Lipinski definition) is 1. The van der Waals surface area contributed by atoms with Crippen molar-refractivity contribution in [3.63, 3.8) is 0 Å². The molecular formula is C11H20N2. The Labute approximate surface area is 81.7 Å². The van der Waals surface area contributed by atoms with Crippen LogP contribution in [0.4, 0.5) is 0 Å². The van der Waals surface area contributed by atoms with Crippen LogP contribution in [0.2, 0.25) is 0 Å². The van der Waals surface area contributed by atoms with E-state index in [2.05, 4.69) is 30.0 Å². The second-order valence-electron chi connectivity index (χ2n) is 4.08. The summed E-state index contributed by atoms with van der Waals surface area (Å²) in [6.45, 7) is 8.79. The zero-order chi connectivity index (χ0) is 9.68. The lowest BCUT2D eigenvalue weighted by molar-refractivity contribution is 0.264. The minimum atomic E-state index is 0.692. The lowest BCUT2D eigenvalue weighted by Gasteiger charge is -2.20. The minimum Gasteiger partial charge on any atom is -0.306 e. The molecule has 1 N–H and O–H groups in total. The molecule has 0 aromatic heterocycles. The van der Waals surface area contributed by atoms with Crippen LogP contribution < -0.4 is 5.32 Å². The molecule has 1 saturated heterocycles. The van der Waals surface area contributed by atoms with E-state index >= 15 is 0 Å². The van der Waals surface area contributed by atoms with Gasteiger partial charge in [-0.15, -0.1) is 6.42 Å². The molecule has 0 aromatic rings. The number of rotatable bonds is 4. The van der Waals surface area contributed by atoms with Gasteiger partial charge in [-0.05, 0) is 32.7 Å². The Bertz CT molecular complexity index is 181. The van der Waals surface area contributed by atoms with E-state index in [1.165, 1.54) is 19.5 Å². The molecule has 1 heterocycles. The zero-order valence-corrected chi connectivity index (χ0v) is 8.71. The first kappa shape index (κ1) is 10.6. The Morgan fingerprint density at radius 2 is 2.38 bits per heavy atom. The van der Waals surface area contributed by atoms with Gasteiger partial charge in [-0.3, -0.25) is 0 Å². The highest BCUT2D eigenvalue weighted by Crippen LogP contribution is 2.17. The SMILES string of the molecule is C#CCNCC1CCN(C(C)C)C1. The van der Waals surface area contributed by atoms with Gasteiger partial charge in [0, 0.05) is 19.1 Å². The van der Waals surface area contributed by atoms with Crippen LogP contribution in [-0.2, 0) is 0 Å². The van der Waals surface area contributed by atoms with Crippen LogP contribution in [0, 0.1) is 18.3 Å². The molecule has 1 atom stereocenters. The molecule has 1 fully saturated rings. The monoisotopic (exact) mass is 180 g/mol. The maximum Gasteiger partial charge on any atom is 0.0573 e. The molecule has 2 nitrogen and oxygen atoms in total. The third kappa shape index (κ3) is 3.38. The summed E-state index contributed by atoms with van der Waals surface area (Å²) in [5.74, 6) is 3.40. The van der Waals surface area contributed by atoms with Gasteiger partial charge in [0.1, 0.15) is 0 Å². The summed E-state index contributed by atoms with van der Waals surface area (Å²) in [6.07, 6.45) is 6.48. The molecule has 1 rings (SSSR count). The van der Waals surface area contributed by atoms with Crippen LogP contribution in [0.25, 0.3) is 0 Å². The van der Waals surface area contributed by atoms with Crippen molar-refractivity contribution < 1.29 is 0 Å². The highest BCUT2D eigenvalue weighted by atomic mass is 15.2. The van der Waals surface area contributed by atoms with Gasteiger partial charge >= 0.3 is 0 Å². The van der Waals surface area contributed by atoms with Gasteiger partial charge in [0.2, 0.25) is 0 Å². The van der Waals surface area contributed by atoms with Gasteiger partial charge in [-0.25, -0.2) is 0 Å². The van der Waals surface area contributed by atoms with E-state index in [1.807, 2.05) is 0 Å². The second-order valence-corrected chi connectivity index (χ2v) is 4.08. The van der Waals surface area contributed by atoms with E-state index in [1.54, 1.807) is 0 Å². The topological polar surface area (TPSA) is 15.3 Å². The van der Waals surface area contributed by atoms with Crippen molar-refractivity contribution in [1.29, 1.82) is 0 Å². The molecule has 0 amide bonds. The maximum atomic E-state index is 5.17. The molecule has 1 aliphatic heterocycles. The molecule has 2 heteroatoms. The fraction of sp³-hybridized carbons (Fsp3) is 0.818. The molecule has 1 unspecified atom stereocenters. The molecule has 0 bridgehead atoms. The summed E-state index contributed by atoms with van der Waals surface area (Å²) < 4.78 is 0. The van der Waals surface area contributed by atoms with E-state index < -0.39 is 0 Å². The Morgan fingerprint density at radius 3 is 2.92 bits per heavy atom. The fourth-order valence-corrected chi connectivity index (χ4v) is 1.85. The first-order valence-corrected chi connectivity index (χ1v) is 5.12. The lowest BCUT2D eigenvalue weighted by atomic mass is 10.1. The number of nitrogens with zero attached hydrogens (tertiary/aromatic N) is 1. The van der Waals surface area contributed by atoms with E-state index in [0.717, 1.165) is 12.5 Å². The largest absolute Gasteiger partial charge is 0.306 e. The molecular weight excluding hydrogens is 160 g/mol. The summed E-state index contributed by atoms with van der Waals surface area (Å²) in [5, 5.41) is 3.27. The molecule has 74 valence electrons. The average molecular weight is 180 g/mol. The first-order chi connectivity index (χ1) is 6.24. The van der Waals surface area contributed by atoms with Gasteiger partial charge in [0.05, 0.1) is 6.54 Å². The number of likely N-dealkylation sites (tertiary alicyclic amines) is 1. The van der Waals surface area contributed by atoms with Gasteiger partial charge in [0.15, 0.2) is 0 Å². The average Bonchev–Trinajstić information content (AvgIpc) is 2.53. The molecule has 13 heavy (non-hydrogen) atoms. The molecule has 0 aromatic carbocycles. The predicted octanol–water partition coefficient (Wildman–Crippen LogP) is 0.940. The van der Waals surface area contributed by atoms with Crippen LogP contribution in [0.1, 0.15) is 20.3 Å². The van der Waals surface area contributed by atoms with E-state index in [-0.39, 0.29) is 0 Å². The first-order valence-electron chi connectivity index (χ1n) is 5.12. The quantitative estimate of drug-likeness (QED) is 0.511. The predicted molar refractivity (Wildman–Crippen MR) is 56.5 cm³/mol. The van der Waals surface area contributed by atoms with Crippen LogP contribution in [0.15, 0.2) is 0 Å². The maximum absolute atomic E-state index is 5.17. The minimum absolute atomic E-state index is 0.692. The molecule has 0 saturated carbocycles. The Kier molecular flexibility index (Phi) is 4.27. The highest BCUT2D eigenvalue weighted by molar-refractivity contribution is 4.87. The van der Waals surface area contributed by atoms with Crippen LogP contribution in [0.5, 0.6) is 0 Å². The number of hydrogen-bond acceptors (Lipinski definition) is 2. The summed E-state index contributed by atoms with van der Waals surface area (Å²) in [7, 11) is 0. The summed E-state index contributed by atoms with van der Waals surface area (Å²) in [4.78, 5) is 2.53.